The van der Waals surface area contributed by atoms with Crippen LogP contribution >= 0.6 is 0 Å². The highest BCUT2D eigenvalue weighted by molar-refractivity contribution is 6.05. The third kappa shape index (κ3) is 7.28. The fourth-order valence-corrected chi connectivity index (χ4v) is 4.68. The largest absolute Gasteiger partial charge is 0.496 e. The molecule has 1 N–H and O–H groups in total. The van der Waals surface area contributed by atoms with E-state index in [4.69, 9.17) is 13.9 Å². The number of anilines is 1. The van der Waals surface area contributed by atoms with Crippen molar-refractivity contribution in [1.29, 1.82) is 0 Å². The van der Waals surface area contributed by atoms with Gasteiger partial charge in [0.1, 0.15) is 22.8 Å². The van der Waals surface area contributed by atoms with Gasteiger partial charge in [-0.05, 0) is 82.6 Å². The first-order chi connectivity index (χ1) is 18.7. The van der Waals surface area contributed by atoms with Gasteiger partial charge in [0, 0.05) is 49.2 Å². The number of allylic oxidation sites excluding steroid dienone is 2. The van der Waals surface area contributed by atoms with Crippen LogP contribution in [0.25, 0.3) is 11.0 Å². The molecular weight excluding hydrogens is 494 g/mol. The van der Waals surface area contributed by atoms with E-state index in [9.17, 15) is 9.59 Å². The number of rotatable bonds is 10. The van der Waals surface area contributed by atoms with Gasteiger partial charge in [0.25, 0.3) is 5.91 Å². The molecule has 1 aliphatic heterocycles. The van der Waals surface area contributed by atoms with E-state index >= 15 is 0 Å². The number of nitrogens with zero attached hydrogens (tertiary/aromatic N) is 2. The van der Waals surface area contributed by atoms with Gasteiger partial charge in [-0.2, -0.15) is 0 Å². The Balaban J connectivity index is 1.43. The zero-order valence-electron chi connectivity index (χ0n) is 23.6. The third-order valence-corrected chi connectivity index (χ3v) is 7.09. The van der Waals surface area contributed by atoms with Gasteiger partial charge in [-0.25, -0.2) is 4.79 Å². The average molecular weight is 534 g/mol. The topological polar surface area (TPSA) is 84.2 Å². The highest BCUT2D eigenvalue weighted by Gasteiger charge is 2.16. The fraction of sp³-hybridized carbons (Fsp3) is 0.419. The highest BCUT2D eigenvalue weighted by atomic mass is 16.5. The Morgan fingerprint density at radius 2 is 1.82 bits per heavy atom. The summed E-state index contributed by atoms with van der Waals surface area (Å²) in [7, 11) is 3.76. The SMILES string of the molecule is COc1ccc(C(=O)Nc2cc3ccc(OCCCN4CCN(C)CC4)c(C)c3oc2=O)cc1CC=C(C)C. The van der Waals surface area contributed by atoms with Gasteiger partial charge in [-0.1, -0.05) is 11.6 Å². The van der Waals surface area contributed by atoms with Gasteiger partial charge in [0.2, 0.25) is 0 Å². The summed E-state index contributed by atoms with van der Waals surface area (Å²) in [6.45, 7) is 11.9. The van der Waals surface area contributed by atoms with E-state index in [2.05, 4.69) is 28.2 Å². The maximum Gasteiger partial charge on any atom is 0.360 e. The van der Waals surface area contributed by atoms with Crippen LogP contribution in [-0.4, -0.2) is 69.2 Å². The summed E-state index contributed by atoms with van der Waals surface area (Å²) in [5.74, 6) is 1.02. The molecule has 39 heavy (non-hydrogen) atoms. The predicted octanol–water partition coefficient (Wildman–Crippen LogP) is 4.89. The Kier molecular flexibility index (Phi) is 9.43. The molecule has 0 aliphatic carbocycles. The number of piperazine rings is 1. The molecule has 0 bridgehead atoms. The number of benzene rings is 2. The molecule has 0 radical (unpaired) electrons. The quantitative estimate of drug-likeness (QED) is 0.226. The number of hydrogen-bond acceptors (Lipinski definition) is 7. The Bertz CT molecular complexity index is 1400. The molecule has 0 spiro atoms. The second-order valence-corrected chi connectivity index (χ2v) is 10.4. The zero-order chi connectivity index (χ0) is 27.9. The molecule has 2 aromatic carbocycles. The van der Waals surface area contributed by atoms with E-state index in [1.807, 2.05) is 32.9 Å². The van der Waals surface area contributed by atoms with Crippen molar-refractivity contribution in [2.24, 2.45) is 0 Å². The summed E-state index contributed by atoms with van der Waals surface area (Å²) < 4.78 is 17.1. The van der Waals surface area contributed by atoms with Crippen LogP contribution in [0, 0.1) is 6.92 Å². The van der Waals surface area contributed by atoms with Gasteiger partial charge in [0.15, 0.2) is 0 Å². The van der Waals surface area contributed by atoms with E-state index in [0.717, 1.165) is 50.3 Å². The lowest BCUT2D eigenvalue weighted by Gasteiger charge is -2.32. The van der Waals surface area contributed by atoms with Crippen molar-refractivity contribution >= 4 is 22.6 Å². The van der Waals surface area contributed by atoms with Crippen LogP contribution in [0.5, 0.6) is 11.5 Å². The number of likely N-dealkylation sites (N-methyl/N-ethyl adjacent to an activating group) is 1. The first-order valence-corrected chi connectivity index (χ1v) is 13.5. The molecule has 1 aromatic heterocycles. The molecular formula is C31H39N3O5. The lowest BCUT2D eigenvalue weighted by atomic mass is 10.0. The van der Waals surface area contributed by atoms with Crippen molar-refractivity contribution < 1.29 is 18.7 Å². The number of carbonyl (C=O) groups excluding carboxylic acids is 1. The molecule has 1 amide bonds. The predicted molar refractivity (Wildman–Crippen MR) is 155 cm³/mol. The molecule has 3 aromatic rings. The molecule has 8 heteroatoms. The Morgan fingerprint density at radius 1 is 1.08 bits per heavy atom. The van der Waals surface area contributed by atoms with E-state index in [-0.39, 0.29) is 11.6 Å². The van der Waals surface area contributed by atoms with Crippen LogP contribution in [0.3, 0.4) is 0 Å². The molecule has 2 heterocycles. The number of ether oxygens (including phenoxy) is 2. The second kappa shape index (κ2) is 13.0. The minimum atomic E-state index is -0.607. The summed E-state index contributed by atoms with van der Waals surface area (Å²) in [5.41, 5.74) is 3.21. The highest BCUT2D eigenvalue weighted by Crippen LogP contribution is 2.28. The van der Waals surface area contributed by atoms with Gasteiger partial charge in [-0.3, -0.25) is 4.79 Å². The van der Waals surface area contributed by atoms with Crippen LogP contribution in [0.1, 0.15) is 41.8 Å². The van der Waals surface area contributed by atoms with E-state index in [1.54, 1.807) is 31.4 Å². The van der Waals surface area contributed by atoms with E-state index < -0.39 is 5.63 Å². The molecule has 208 valence electrons. The lowest BCUT2D eigenvalue weighted by molar-refractivity contribution is 0.102. The molecule has 1 saturated heterocycles. The summed E-state index contributed by atoms with van der Waals surface area (Å²) >= 11 is 0. The van der Waals surface area contributed by atoms with Gasteiger partial charge in [0.05, 0.1) is 13.7 Å². The second-order valence-electron chi connectivity index (χ2n) is 10.4. The summed E-state index contributed by atoms with van der Waals surface area (Å²) in [6, 6.07) is 10.6. The number of methoxy groups -OCH3 is 1. The number of amides is 1. The van der Waals surface area contributed by atoms with Gasteiger partial charge in [-0.15, -0.1) is 0 Å². The van der Waals surface area contributed by atoms with Crippen molar-refractivity contribution in [1.82, 2.24) is 9.80 Å². The maximum absolute atomic E-state index is 13.0. The van der Waals surface area contributed by atoms with Gasteiger partial charge < -0.3 is 29.0 Å². The number of nitrogens with one attached hydrogen (secondary N) is 1. The Hall–Kier alpha value is -3.62. The number of carbonyl (C=O) groups is 1. The fourth-order valence-electron chi connectivity index (χ4n) is 4.68. The van der Waals surface area contributed by atoms with Crippen molar-refractivity contribution in [3.63, 3.8) is 0 Å². The number of aryl methyl sites for hydroxylation is 1. The minimum absolute atomic E-state index is 0.0920. The Labute approximate surface area is 230 Å². The molecule has 1 aliphatic rings. The lowest BCUT2D eigenvalue weighted by Crippen LogP contribution is -2.44. The normalized spacial score (nSPS) is 14.3. The van der Waals surface area contributed by atoms with E-state index in [0.29, 0.717) is 41.1 Å². The standard InChI is InChI=1S/C31H39N3O5/c1-21(2)7-8-23-19-25(10-12-28(23)37-5)30(35)32-26-20-24-9-11-27(22(3)29(24)39-31(26)36)38-18-6-13-34-16-14-33(4)15-17-34/h7,9-12,19-20H,6,8,13-18H2,1-5H3,(H,32,35). The zero-order valence-corrected chi connectivity index (χ0v) is 23.6. The Morgan fingerprint density at radius 3 is 2.54 bits per heavy atom. The van der Waals surface area contributed by atoms with E-state index in [1.165, 1.54) is 5.57 Å². The molecule has 0 saturated carbocycles. The van der Waals surface area contributed by atoms with Crippen LogP contribution in [0.2, 0.25) is 0 Å². The summed E-state index contributed by atoms with van der Waals surface area (Å²) in [5, 5.41) is 3.43. The molecule has 4 rings (SSSR count). The van der Waals surface area contributed by atoms with Crippen LogP contribution in [0.15, 0.2) is 57.3 Å². The van der Waals surface area contributed by atoms with Crippen molar-refractivity contribution in [3.05, 3.63) is 75.2 Å². The smallest absolute Gasteiger partial charge is 0.360 e. The molecule has 0 unspecified atom stereocenters. The summed E-state index contributed by atoms with van der Waals surface area (Å²) in [6.07, 6.45) is 3.65. The van der Waals surface area contributed by atoms with Crippen molar-refractivity contribution in [2.75, 3.05) is 58.8 Å². The first-order valence-electron chi connectivity index (χ1n) is 13.5. The van der Waals surface area contributed by atoms with Crippen LogP contribution < -0.4 is 20.4 Å². The van der Waals surface area contributed by atoms with Crippen LogP contribution in [0.4, 0.5) is 5.69 Å². The first kappa shape index (κ1) is 28.4. The van der Waals surface area contributed by atoms with Crippen molar-refractivity contribution in [2.45, 2.75) is 33.6 Å². The third-order valence-electron chi connectivity index (χ3n) is 7.09. The molecule has 1 fully saturated rings. The summed E-state index contributed by atoms with van der Waals surface area (Å²) in [4.78, 5) is 30.6. The molecule has 8 nitrogen and oxygen atoms in total. The number of hydrogen-bond donors (Lipinski definition) is 1. The molecule has 0 atom stereocenters. The maximum atomic E-state index is 13.0. The van der Waals surface area contributed by atoms with Gasteiger partial charge >= 0.3 is 5.63 Å². The number of fused-ring (bicyclic) bond motifs is 1. The van der Waals surface area contributed by atoms with Crippen molar-refractivity contribution in [3.8, 4) is 11.5 Å². The average Bonchev–Trinajstić information content (AvgIpc) is 2.92. The monoisotopic (exact) mass is 533 g/mol. The van der Waals surface area contributed by atoms with Crippen LogP contribution in [-0.2, 0) is 6.42 Å². The minimum Gasteiger partial charge on any atom is -0.496 e.